The van der Waals surface area contributed by atoms with E-state index in [1.165, 1.54) is 43.1 Å². The number of rotatable bonds is 0. The summed E-state index contributed by atoms with van der Waals surface area (Å²) < 4.78 is 0. The summed E-state index contributed by atoms with van der Waals surface area (Å²) in [5, 5.41) is 10.9. The second-order valence-corrected chi connectivity index (χ2v) is 5.42. The molecule has 5 aromatic rings. The Morgan fingerprint density at radius 1 is 0.409 bits per heavy atom. The van der Waals surface area contributed by atoms with Crippen molar-refractivity contribution in [1.82, 2.24) is 0 Å². The summed E-state index contributed by atoms with van der Waals surface area (Å²) in [6, 6.07) is 26.4. The molecular formula is C20H12FeO. The molecule has 5 rings (SSSR count). The average Bonchev–Trinajstić information content (AvgIpc) is 2.52. The normalized spacial score (nSPS) is 10.9. The monoisotopic (exact) mass is 324 g/mol. The Morgan fingerprint density at radius 2 is 0.682 bits per heavy atom. The van der Waals surface area contributed by atoms with Crippen molar-refractivity contribution in [3.8, 4) is 0 Å². The third kappa shape index (κ3) is 1.75. The van der Waals surface area contributed by atoms with Crippen molar-refractivity contribution in [2.45, 2.75) is 0 Å². The van der Waals surface area contributed by atoms with E-state index in [0.717, 1.165) is 0 Å². The molecule has 0 aromatic heterocycles. The van der Waals surface area contributed by atoms with Crippen LogP contribution in [0.25, 0.3) is 43.1 Å². The molecule has 0 unspecified atom stereocenters. The van der Waals surface area contributed by atoms with Crippen molar-refractivity contribution in [3.63, 3.8) is 0 Å². The Balaban J connectivity index is 0.000000720. The molecule has 0 atom stereocenters. The first-order valence-corrected chi connectivity index (χ1v) is 6.98. The van der Waals surface area contributed by atoms with Crippen molar-refractivity contribution < 1.29 is 22.5 Å². The van der Waals surface area contributed by atoms with Crippen molar-refractivity contribution in [1.29, 1.82) is 0 Å². The maximum Gasteiger partial charge on any atom is 2.00 e. The summed E-state index contributed by atoms with van der Waals surface area (Å²) in [6.07, 6.45) is 0. The molecule has 106 valence electrons. The molecular weight excluding hydrogens is 312 g/mol. The minimum Gasteiger partial charge on any atom is -2.00 e. The third-order valence-electron chi connectivity index (χ3n) is 4.39. The average molecular weight is 324 g/mol. The van der Waals surface area contributed by atoms with Gasteiger partial charge in [-0.3, -0.25) is 0 Å². The van der Waals surface area contributed by atoms with E-state index in [4.69, 9.17) is 0 Å². The molecule has 0 heterocycles. The summed E-state index contributed by atoms with van der Waals surface area (Å²) >= 11 is 0. The number of benzene rings is 5. The molecule has 0 radical (unpaired) electrons. The molecule has 0 N–H and O–H groups in total. The van der Waals surface area contributed by atoms with Crippen LogP contribution in [0.4, 0.5) is 0 Å². The Morgan fingerprint density at radius 3 is 0.955 bits per heavy atom. The van der Waals surface area contributed by atoms with Crippen molar-refractivity contribution in [2.75, 3.05) is 0 Å². The van der Waals surface area contributed by atoms with Crippen LogP contribution in [-0.2, 0) is 22.5 Å². The van der Waals surface area contributed by atoms with Crippen molar-refractivity contribution in [3.05, 3.63) is 72.8 Å². The van der Waals surface area contributed by atoms with Gasteiger partial charge < -0.3 is 5.48 Å². The zero-order valence-electron chi connectivity index (χ0n) is 11.7. The van der Waals surface area contributed by atoms with Crippen LogP contribution in [0, 0.1) is 0 Å². The number of hydrogen-bond acceptors (Lipinski definition) is 0. The van der Waals surface area contributed by atoms with Gasteiger partial charge in [-0.25, -0.2) is 0 Å². The first kappa shape index (κ1) is 14.8. The first-order valence-electron chi connectivity index (χ1n) is 6.98. The van der Waals surface area contributed by atoms with Gasteiger partial charge >= 0.3 is 17.1 Å². The third-order valence-corrected chi connectivity index (χ3v) is 4.39. The summed E-state index contributed by atoms with van der Waals surface area (Å²) in [5.74, 6) is 0. The molecule has 0 saturated heterocycles. The Hall–Kier alpha value is -2.12. The van der Waals surface area contributed by atoms with Crippen LogP contribution in [-0.4, -0.2) is 0 Å². The van der Waals surface area contributed by atoms with Crippen LogP contribution in [0.15, 0.2) is 72.8 Å². The molecule has 1 nitrogen and oxygen atoms in total. The van der Waals surface area contributed by atoms with Gasteiger partial charge in [0.2, 0.25) is 0 Å². The molecule has 2 heteroatoms. The van der Waals surface area contributed by atoms with Crippen LogP contribution in [0.2, 0.25) is 0 Å². The molecule has 0 aliphatic rings. The smallest absolute Gasteiger partial charge is 2.00 e. The van der Waals surface area contributed by atoms with E-state index < -0.39 is 0 Å². The van der Waals surface area contributed by atoms with Crippen molar-refractivity contribution in [2.24, 2.45) is 0 Å². The van der Waals surface area contributed by atoms with Gasteiger partial charge in [-0.15, -0.1) is 0 Å². The minimum absolute atomic E-state index is 0. The minimum atomic E-state index is 0. The summed E-state index contributed by atoms with van der Waals surface area (Å²) in [4.78, 5) is 0. The fraction of sp³-hybridized carbons (Fsp3) is 0. The van der Waals surface area contributed by atoms with Crippen LogP contribution in [0.3, 0.4) is 0 Å². The number of fused-ring (bicyclic) bond motifs is 2. The molecule has 0 fully saturated rings. The summed E-state index contributed by atoms with van der Waals surface area (Å²) in [5.41, 5.74) is 0. The van der Waals surface area contributed by atoms with Crippen LogP contribution >= 0.6 is 0 Å². The standard InChI is InChI=1S/C20H12.Fe.O/c1-5-13-6-2-11-17-18-12-4-8-14-7-3-10-16(20(14)18)15(9-1)19(13)17;;/h1-12H;;/q;+2;-2. The molecule has 0 aliphatic heterocycles. The van der Waals surface area contributed by atoms with Gasteiger partial charge in [0.1, 0.15) is 0 Å². The fourth-order valence-electron chi connectivity index (χ4n) is 3.58. The molecule has 0 aliphatic carbocycles. The Bertz CT molecular complexity index is 929. The first-order chi connectivity index (χ1) is 9.93. The van der Waals surface area contributed by atoms with Gasteiger partial charge in [0.25, 0.3) is 0 Å². The van der Waals surface area contributed by atoms with Gasteiger partial charge in [0.15, 0.2) is 0 Å². The fourth-order valence-corrected chi connectivity index (χ4v) is 3.58. The van der Waals surface area contributed by atoms with Gasteiger partial charge in [0, 0.05) is 0 Å². The van der Waals surface area contributed by atoms with E-state index in [1.807, 2.05) is 0 Å². The molecule has 0 spiro atoms. The maximum atomic E-state index is 2.25. The molecule has 0 bridgehead atoms. The van der Waals surface area contributed by atoms with Crippen molar-refractivity contribution >= 4 is 43.1 Å². The van der Waals surface area contributed by atoms with Crippen LogP contribution in [0.1, 0.15) is 0 Å². The Labute approximate surface area is 138 Å². The van der Waals surface area contributed by atoms with Crippen LogP contribution in [0.5, 0.6) is 0 Å². The summed E-state index contributed by atoms with van der Waals surface area (Å²) in [6.45, 7) is 0. The van der Waals surface area contributed by atoms with E-state index in [9.17, 15) is 0 Å². The second-order valence-electron chi connectivity index (χ2n) is 5.42. The predicted molar refractivity (Wildman–Crippen MR) is 88.3 cm³/mol. The Kier molecular flexibility index (Phi) is 3.54. The zero-order valence-corrected chi connectivity index (χ0v) is 12.8. The molecule has 22 heavy (non-hydrogen) atoms. The van der Waals surface area contributed by atoms with Crippen LogP contribution < -0.4 is 0 Å². The van der Waals surface area contributed by atoms with Gasteiger partial charge in [-0.05, 0) is 43.1 Å². The van der Waals surface area contributed by atoms with Gasteiger partial charge in [-0.1, -0.05) is 72.8 Å². The van der Waals surface area contributed by atoms with Gasteiger partial charge in [-0.2, -0.15) is 0 Å². The molecule has 0 saturated carbocycles. The van der Waals surface area contributed by atoms with E-state index in [2.05, 4.69) is 72.8 Å². The SMILES string of the molecule is [Fe+2].[O-2].c1cc2cccc3c4cccc5cccc(c(c1)c23)c54. The van der Waals surface area contributed by atoms with Gasteiger partial charge in [0.05, 0.1) is 0 Å². The van der Waals surface area contributed by atoms with E-state index >= 15 is 0 Å². The zero-order chi connectivity index (χ0) is 13.1. The van der Waals surface area contributed by atoms with E-state index in [-0.39, 0.29) is 22.5 Å². The summed E-state index contributed by atoms with van der Waals surface area (Å²) in [7, 11) is 0. The number of hydrogen-bond donors (Lipinski definition) is 0. The van der Waals surface area contributed by atoms with E-state index in [1.54, 1.807) is 0 Å². The predicted octanol–water partition coefficient (Wildman–Crippen LogP) is 5.62. The van der Waals surface area contributed by atoms with E-state index in [0.29, 0.717) is 0 Å². The quantitative estimate of drug-likeness (QED) is 0.201. The molecule has 5 aromatic carbocycles. The molecule has 0 amide bonds. The topological polar surface area (TPSA) is 28.5 Å². The largest absolute Gasteiger partial charge is 2.00 e. The second kappa shape index (κ2) is 5.26. The maximum absolute atomic E-state index is 2.25.